The SMILES string of the molecule is COc1cccc(C(NN)c2csc(I)c2)c1F. The van der Waals surface area contributed by atoms with E-state index in [1.54, 1.807) is 29.5 Å². The molecule has 0 aliphatic heterocycles. The van der Waals surface area contributed by atoms with Gasteiger partial charge in [0.25, 0.3) is 0 Å². The molecule has 1 atom stereocenters. The minimum absolute atomic E-state index is 0.220. The van der Waals surface area contributed by atoms with E-state index < -0.39 is 0 Å². The highest BCUT2D eigenvalue weighted by atomic mass is 127. The fourth-order valence-corrected chi connectivity index (χ4v) is 3.15. The molecule has 0 aliphatic rings. The first-order chi connectivity index (χ1) is 8.67. The predicted octanol–water partition coefficient (Wildman–Crippen LogP) is 3.05. The molecule has 0 fully saturated rings. The van der Waals surface area contributed by atoms with Crippen molar-refractivity contribution in [2.24, 2.45) is 5.84 Å². The van der Waals surface area contributed by atoms with E-state index in [0.29, 0.717) is 5.56 Å². The maximum atomic E-state index is 14.2. The van der Waals surface area contributed by atoms with Gasteiger partial charge in [-0.1, -0.05) is 12.1 Å². The van der Waals surface area contributed by atoms with Gasteiger partial charge in [-0.2, -0.15) is 0 Å². The molecule has 0 aliphatic carbocycles. The Hall–Kier alpha value is -0.700. The van der Waals surface area contributed by atoms with Crippen molar-refractivity contribution in [1.82, 2.24) is 5.43 Å². The second kappa shape index (κ2) is 5.96. The normalized spacial score (nSPS) is 12.4. The lowest BCUT2D eigenvalue weighted by Crippen LogP contribution is -2.29. The van der Waals surface area contributed by atoms with Crippen LogP contribution >= 0.6 is 33.9 Å². The van der Waals surface area contributed by atoms with Gasteiger partial charge in [-0.3, -0.25) is 5.84 Å². The fraction of sp³-hybridized carbons (Fsp3) is 0.167. The highest BCUT2D eigenvalue weighted by Crippen LogP contribution is 2.31. The molecule has 1 heterocycles. The van der Waals surface area contributed by atoms with Crippen molar-refractivity contribution in [3.8, 4) is 5.75 Å². The molecule has 3 nitrogen and oxygen atoms in total. The topological polar surface area (TPSA) is 47.3 Å². The van der Waals surface area contributed by atoms with Crippen molar-refractivity contribution in [1.29, 1.82) is 0 Å². The Kier molecular flexibility index (Phi) is 4.55. The predicted molar refractivity (Wildman–Crippen MR) is 79.2 cm³/mol. The maximum Gasteiger partial charge on any atom is 0.170 e. The number of hydrogen-bond acceptors (Lipinski definition) is 4. The highest BCUT2D eigenvalue weighted by Gasteiger charge is 2.20. The van der Waals surface area contributed by atoms with Gasteiger partial charge in [0.15, 0.2) is 11.6 Å². The molecule has 0 saturated carbocycles. The number of halogens is 2. The number of ether oxygens (including phenoxy) is 1. The van der Waals surface area contributed by atoms with Crippen molar-refractivity contribution >= 4 is 33.9 Å². The van der Waals surface area contributed by atoms with Crippen molar-refractivity contribution < 1.29 is 9.13 Å². The summed E-state index contributed by atoms with van der Waals surface area (Å²) in [5.74, 6) is 5.39. The molecule has 0 spiro atoms. The zero-order chi connectivity index (χ0) is 13.1. The second-order valence-corrected chi connectivity index (χ2v) is 6.45. The Labute approximate surface area is 122 Å². The summed E-state index contributed by atoms with van der Waals surface area (Å²) in [6.07, 6.45) is 0. The van der Waals surface area contributed by atoms with Crippen molar-refractivity contribution in [2.75, 3.05) is 7.11 Å². The molecule has 1 aromatic carbocycles. The Morgan fingerprint density at radius 3 is 2.83 bits per heavy atom. The van der Waals surface area contributed by atoms with E-state index in [0.717, 1.165) is 8.45 Å². The van der Waals surface area contributed by atoms with Crippen molar-refractivity contribution in [2.45, 2.75) is 6.04 Å². The molecule has 0 saturated heterocycles. The minimum Gasteiger partial charge on any atom is -0.494 e. The van der Waals surface area contributed by atoms with Gasteiger partial charge in [0, 0.05) is 5.56 Å². The number of nitrogens with two attached hydrogens (primary N) is 1. The van der Waals surface area contributed by atoms with E-state index in [1.165, 1.54) is 7.11 Å². The molecule has 0 amide bonds. The fourth-order valence-electron chi connectivity index (χ4n) is 1.75. The quantitative estimate of drug-likeness (QED) is 0.489. The van der Waals surface area contributed by atoms with Gasteiger partial charge < -0.3 is 4.74 Å². The van der Waals surface area contributed by atoms with Crippen LogP contribution in [0.1, 0.15) is 17.2 Å². The summed E-state index contributed by atoms with van der Waals surface area (Å²) in [5.41, 5.74) is 4.07. The molecule has 96 valence electrons. The van der Waals surface area contributed by atoms with Crippen LogP contribution in [0.25, 0.3) is 0 Å². The molecule has 1 unspecified atom stereocenters. The van der Waals surface area contributed by atoms with Crippen molar-refractivity contribution in [3.63, 3.8) is 0 Å². The van der Waals surface area contributed by atoms with Gasteiger partial charge in [-0.25, -0.2) is 9.82 Å². The van der Waals surface area contributed by atoms with Gasteiger partial charge in [0.1, 0.15) is 0 Å². The van der Waals surface area contributed by atoms with Gasteiger partial charge in [-0.15, -0.1) is 11.3 Å². The molecular weight excluding hydrogens is 366 g/mol. The molecule has 1 aromatic heterocycles. The molecule has 6 heteroatoms. The van der Waals surface area contributed by atoms with E-state index in [4.69, 9.17) is 10.6 Å². The number of rotatable bonds is 4. The van der Waals surface area contributed by atoms with E-state index >= 15 is 0 Å². The molecule has 3 N–H and O–H groups in total. The summed E-state index contributed by atoms with van der Waals surface area (Å²) < 4.78 is 20.3. The third kappa shape index (κ3) is 2.66. The van der Waals surface area contributed by atoms with Gasteiger partial charge >= 0.3 is 0 Å². The minimum atomic E-state index is -0.385. The summed E-state index contributed by atoms with van der Waals surface area (Å²) in [6, 6.07) is 6.64. The first-order valence-electron chi connectivity index (χ1n) is 5.19. The molecule has 2 aromatic rings. The van der Waals surface area contributed by atoms with E-state index in [-0.39, 0.29) is 17.6 Å². The number of nitrogens with one attached hydrogen (secondary N) is 1. The molecule has 18 heavy (non-hydrogen) atoms. The third-order valence-electron chi connectivity index (χ3n) is 2.61. The van der Waals surface area contributed by atoms with Crippen LogP contribution in [-0.2, 0) is 0 Å². The largest absolute Gasteiger partial charge is 0.494 e. The Morgan fingerprint density at radius 2 is 2.28 bits per heavy atom. The zero-order valence-electron chi connectivity index (χ0n) is 9.61. The van der Waals surface area contributed by atoms with Crippen LogP contribution in [0, 0.1) is 8.70 Å². The van der Waals surface area contributed by atoms with Crippen LogP contribution in [0.15, 0.2) is 29.6 Å². The van der Waals surface area contributed by atoms with E-state index in [2.05, 4.69) is 28.0 Å². The Bertz CT molecular complexity index is 547. The average molecular weight is 378 g/mol. The highest BCUT2D eigenvalue weighted by molar-refractivity contribution is 14.1. The molecule has 0 bridgehead atoms. The van der Waals surface area contributed by atoms with E-state index in [1.807, 2.05) is 11.4 Å². The third-order valence-corrected chi connectivity index (χ3v) is 4.42. The Balaban J connectivity index is 2.45. The van der Waals surface area contributed by atoms with Crippen LogP contribution in [0.5, 0.6) is 5.75 Å². The summed E-state index contributed by atoms with van der Waals surface area (Å²) in [5, 5.41) is 1.96. The average Bonchev–Trinajstić information content (AvgIpc) is 2.79. The smallest absolute Gasteiger partial charge is 0.170 e. The lowest BCUT2D eigenvalue weighted by molar-refractivity contribution is 0.381. The lowest BCUT2D eigenvalue weighted by atomic mass is 10.0. The van der Waals surface area contributed by atoms with Crippen LogP contribution in [0.4, 0.5) is 4.39 Å². The van der Waals surface area contributed by atoms with Crippen LogP contribution < -0.4 is 16.0 Å². The lowest BCUT2D eigenvalue weighted by Gasteiger charge is -2.17. The first-order valence-corrected chi connectivity index (χ1v) is 7.15. The number of benzene rings is 1. The Morgan fingerprint density at radius 1 is 1.50 bits per heavy atom. The molecular formula is C12H12FIN2OS. The second-order valence-electron chi connectivity index (χ2n) is 3.65. The van der Waals surface area contributed by atoms with Crippen LogP contribution in [0.3, 0.4) is 0 Å². The molecule has 2 rings (SSSR count). The maximum absolute atomic E-state index is 14.2. The number of thiophene rings is 1. The number of hydrazine groups is 1. The van der Waals surface area contributed by atoms with Crippen LogP contribution in [0.2, 0.25) is 0 Å². The van der Waals surface area contributed by atoms with Crippen molar-refractivity contribution in [3.05, 3.63) is 49.5 Å². The standard InChI is InChI=1S/C12H12FIN2OS/c1-17-9-4-2-3-8(11(9)13)12(16-15)7-5-10(14)18-6-7/h2-6,12,16H,15H2,1H3. The van der Waals surface area contributed by atoms with Gasteiger partial charge in [0.05, 0.1) is 16.0 Å². The van der Waals surface area contributed by atoms with Gasteiger partial charge in [0.2, 0.25) is 0 Å². The van der Waals surface area contributed by atoms with E-state index in [9.17, 15) is 4.39 Å². The van der Waals surface area contributed by atoms with Gasteiger partial charge in [-0.05, 0) is 45.7 Å². The first kappa shape index (κ1) is 13.7. The zero-order valence-corrected chi connectivity index (χ0v) is 12.6. The monoisotopic (exact) mass is 378 g/mol. The van der Waals surface area contributed by atoms with Crippen LogP contribution in [-0.4, -0.2) is 7.11 Å². The summed E-state index contributed by atoms with van der Waals surface area (Å²) in [6.45, 7) is 0. The molecule has 0 radical (unpaired) electrons. The number of hydrogen-bond donors (Lipinski definition) is 2. The summed E-state index contributed by atoms with van der Waals surface area (Å²) in [4.78, 5) is 0. The summed E-state index contributed by atoms with van der Waals surface area (Å²) in [7, 11) is 1.45. The number of methoxy groups -OCH3 is 1. The summed E-state index contributed by atoms with van der Waals surface area (Å²) >= 11 is 3.82.